The molecular formula is C49H70N10O8. The highest BCUT2D eigenvalue weighted by Gasteiger charge is 2.30. The number of fused-ring (bicyclic) bond motifs is 6. The quantitative estimate of drug-likeness (QED) is 0.0531. The first-order chi connectivity index (χ1) is 31.3. The van der Waals surface area contributed by atoms with Crippen LogP contribution < -0.4 is 21.7 Å². The van der Waals surface area contributed by atoms with Crippen LogP contribution in [0, 0.1) is 11.8 Å². The van der Waals surface area contributed by atoms with E-state index in [-0.39, 0.29) is 43.3 Å². The standard InChI is InChI=1S/C27H39N5O5.C22H31N5O3/c1-9-36-14-19-29-21-22(32(19)15-27(7,8)35)17-12-10-11-13-18(17)28-23(21)31-24(33)20(16(2)3)30-25(34)37-26(4,5)6;1-6-30-11-16-25-18-19(27(16)12-22(4,5)29)14-9-7-8-10-15(14)24-20(18)26-21(28)17(23)13(2)3/h10-13,16,20,35H,9,14-15H2,1-8H3,(H,30,34)(H,28,31,33);7-10,13,17,29H,6,11-12,23H2,1-5H3,(H,24,26,28)/t20-;17-/m00/s1. The zero-order valence-electron chi connectivity index (χ0n) is 41.3. The SMILES string of the molecule is CCOCc1nc2c(NC(=O)[C@@H](N)C(C)C)nc3ccccc3c2n1CC(C)(C)O.CCOCc1nc2c(NC(=O)[C@@H](NC(=O)OC(C)(C)C)C(C)C)nc3ccccc3c2n1CC(C)(C)O. The van der Waals surface area contributed by atoms with Crippen LogP contribution in [0.15, 0.2) is 48.5 Å². The number of nitrogens with two attached hydrogens (primary N) is 1. The number of hydrogen-bond acceptors (Lipinski definition) is 13. The second-order valence-electron chi connectivity index (χ2n) is 19.6. The molecule has 7 N–H and O–H groups in total. The highest BCUT2D eigenvalue weighted by Crippen LogP contribution is 2.33. The van der Waals surface area contributed by atoms with Crippen molar-refractivity contribution < 1.29 is 38.8 Å². The average molecular weight is 927 g/mol. The molecule has 4 aromatic heterocycles. The monoisotopic (exact) mass is 927 g/mol. The molecule has 0 fully saturated rings. The summed E-state index contributed by atoms with van der Waals surface area (Å²) < 4.78 is 20.5. The number of alkyl carbamates (subject to hydrolysis) is 1. The van der Waals surface area contributed by atoms with E-state index in [1.165, 1.54) is 0 Å². The first-order valence-corrected chi connectivity index (χ1v) is 22.8. The largest absolute Gasteiger partial charge is 0.444 e. The lowest BCUT2D eigenvalue weighted by Gasteiger charge is -2.25. The first kappa shape index (κ1) is 52.2. The summed E-state index contributed by atoms with van der Waals surface area (Å²) in [5.74, 6) is 0.924. The maximum Gasteiger partial charge on any atom is 0.408 e. The normalized spacial score (nSPS) is 13.3. The number of ether oxygens (including phenoxy) is 3. The summed E-state index contributed by atoms with van der Waals surface area (Å²) in [4.78, 5) is 57.4. The summed E-state index contributed by atoms with van der Waals surface area (Å²) in [5.41, 5.74) is 7.28. The second-order valence-corrected chi connectivity index (χ2v) is 19.6. The molecule has 3 amide bonds. The molecule has 2 aromatic carbocycles. The summed E-state index contributed by atoms with van der Waals surface area (Å²) in [6.45, 7) is 25.7. The van der Waals surface area contributed by atoms with Crippen molar-refractivity contribution in [1.29, 1.82) is 0 Å². The van der Waals surface area contributed by atoms with Crippen molar-refractivity contribution in [3.63, 3.8) is 0 Å². The van der Waals surface area contributed by atoms with Crippen molar-refractivity contribution in [1.82, 2.24) is 34.4 Å². The summed E-state index contributed by atoms with van der Waals surface area (Å²) in [6, 6.07) is 13.7. The maximum absolute atomic E-state index is 13.4. The van der Waals surface area contributed by atoms with Crippen LogP contribution in [0.3, 0.4) is 0 Å². The molecule has 0 radical (unpaired) electrons. The molecule has 0 spiro atoms. The average Bonchev–Trinajstić information content (AvgIpc) is 3.77. The van der Waals surface area contributed by atoms with E-state index >= 15 is 0 Å². The van der Waals surface area contributed by atoms with E-state index in [0.717, 1.165) is 27.3 Å². The van der Waals surface area contributed by atoms with E-state index in [2.05, 4.69) is 20.9 Å². The van der Waals surface area contributed by atoms with Gasteiger partial charge in [-0.1, -0.05) is 64.1 Å². The Bertz CT molecular complexity index is 2690. The molecule has 18 nitrogen and oxygen atoms in total. The number of carbonyl (C=O) groups is 3. The molecule has 0 aliphatic rings. The van der Waals surface area contributed by atoms with Crippen LogP contribution >= 0.6 is 0 Å². The van der Waals surface area contributed by atoms with Gasteiger partial charge in [-0.15, -0.1) is 0 Å². The van der Waals surface area contributed by atoms with Crippen LogP contribution in [-0.2, 0) is 50.1 Å². The number of carbonyl (C=O) groups excluding carboxylic acids is 3. The van der Waals surface area contributed by atoms with Gasteiger partial charge < -0.3 is 55.2 Å². The number of nitrogens with one attached hydrogen (secondary N) is 3. The number of pyridine rings is 2. The second kappa shape index (κ2) is 21.4. The topological polar surface area (TPSA) is 243 Å². The maximum atomic E-state index is 13.4. The third kappa shape index (κ3) is 13.4. The first-order valence-electron chi connectivity index (χ1n) is 22.8. The van der Waals surface area contributed by atoms with Gasteiger partial charge in [0, 0.05) is 24.0 Å². The Balaban J connectivity index is 0.000000256. The lowest BCUT2D eigenvalue weighted by atomic mass is 10.0. The number of imidazole rings is 2. The molecule has 4 heterocycles. The Morgan fingerprint density at radius 2 is 1.07 bits per heavy atom. The third-order valence-electron chi connectivity index (χ3n) is 10.4. The van der Waals surface area contributed by atoms with Crippen molar-refractivity contribution in [3.05, 3.63) is 60.2 Å². The fourth-order valence-corrected chi connectivity index (χ4v) is 7.33. The smallest absolute Gasteiger partial charge is 0.408 e. The minimum atomic E-state index is -1.03. The number of rotatable bonds is 17. The highest BCUT2D eigenvalue weighted by molar-refractivity contribution is 6.11. The Kier molecular flexibility index (Phi) is 16.7. The molecule has 6 aromatic rings. The Morgan fingerprint density at radius 1 is 0.657 bits per heavy atom. The summed E-state index contributed by atoms with van der Waals surface area (Å²) >= 11 is 0. The number of anilines is 2. The molecule has 67 heavy (non-hydrogen) atoms. The summed E-state index contributed by atoms with van der Waals surface area (Å²) in [7, 11) is 0. The number of amides is 3. The molecule has 0 saturated heterocycles. The summed E-state index contributed by atoms with van der Waals surface area (Å²) in [5, 5.41) is 31.3. The zero-order valence-corrected chi connectivity index (χ0v) is 41.3. The van der Waals surface area contributed by atoms with Gasteiger partial charge in [-0.25, -0.2) is 24.7 Å². The van der Waals surface area contributed by atoms with Gasteiger partial charge >= 0.3 is 6.09 Å². The predicted molar refractivity (Wildman–Crippen MR) is 261 cm³/mol. The van der Waals surface area contributed by atoms with Gasteiger partial charge in [-0.05, 0) is 86.3 Å². The third-order valence-corrected chi connectivity index (χ3v) is 10.4. The van der Waals surface area contributed by atoms with Crippen molar-refractivity contribution in [2.45, 2.75) is 145 Å². The lowest BCUT2D eigenvalue weighted by Crippen LogP contribution is -2.48. The predicted octanol–water partition coefficient (Wildman–Crippen LogP) is 7.19. The van der Waals surface area contributed by atoms with E-state index in [0.29, 0.717) is 53.8 Å². The van der Waals surface area contributed by atoms with Gasteiger partial charge in [0.15, 0.2) is 11.6 Å². The summed E-state index contributed by atoms with van der Waals surface area (Å²) in [6.07, 6.45) is -0.675. The fourth-order valence-electron chi connectivity index (χ4n) is 7.33. The molecule has 364 valence electrons. The number of nitrogens with zero attached hydrogens (tertiary/aromatic N) is 6. The molecule has 0 aliphatic carbocycles. The molecule has 0 bridgehead atoms. The van der Waals surface area contributed by atoms with Gasteiger partial charge in [-0.3, -0.25) is 9.59 Å². The van der Waals surface area contributed by atoms with Gasteiger partial charge in [0.2, 0.25) is 11.8 Å². The van der Waals surface area contributed by atoms with Crippen molar-refractivity contribution in [2.75, 3.05) is 23.8 Å². The van der Waals surface area contributed by atoms with E-state index in [9.17, 15) is 24.6 Å². The number of benzene rings is 2. The Morgan fingerprint density at radius 3 is 1.45 bits per heavy atom. The van der Waals surface area contributed by atoms with Crippen LogP contribution in [0.5, 0.6) is 0 Å². The van der Waals surface area contributed by atoms with Crippen LogP contribution in [0.4, 0.5) is 16.4 Å². The molecule has 0 saturated carbocycles. The van der Waals surface area contributed by atoms with E-state index in [1.54, 1.807) is 48.5 Å². The van der Waals surface area contributed by atoms with Crippen LogP contribution in [0.1, 0.15) is 102 Å². The van der Waals surface area contributed by atoms with Gasteiger partial charge in [0.25, 0.3) is 0 Å². The molecule has 18 heteroatoms. The van der Waals surface area contributed by atoms with Gasteiger partial charge in [-0.2, -0.15) is 0 Å². The number of aliphatic hydroxyl groups is 2. The zero-order chi connectivity index (χ0) is 49.6. The van der Waals surface area contributed by atoms with Crippen molar-refractivity contribution in [2.24, 2.45) is 17.6 Å². The molecule has 6 rings (SSSR count). The van der Waals surface area contributed by atoms with E-state index in [4.69, 9.17) is 34.9 Å². The Labute approximate surface area is 392 Å². The van der Waals surface area contributed by atoms with Crippen LogP contribution in [0.2, 0.25) is 0 Å². The fraction of sp³-hybridized carbons (Fsp3) is 0.531. The Hall–Kier alpha value is -5.79. The van der Waals surface area contributed by atoms with E-state index < -0.39 is 40.9 Å². The van der Waals surface area contributed by atoms with Crippen LogP contribution in [0.25, 0.3) is 43.9 Å². The number of para-hydroxylation sites is 2. The lowest BCUT2D eigenvalue weighted by molar-refractivity contribution is -0.119. The van der Waals surface area contributed by atoms with Gasteiger partial charge in [0.1, 0.15) is 47.5 Å². The van der Waals surface area contributed by atoms with Crippen LogP contribution in [-0.4, -0.2) is 99.3 Å². The number of aromatic nitrogens is 6. The molecule has 2 atom stereocenters. The number of hydrogen-bond donors (Lipinski definition) is 6. The van der Waals surface area contributed by atoms with E-state index in [1.807, 2.05) is 99.2 Å². The molecular weight excluding hydrogens is 857 g/mol. The van der Waals surface area contributed by atoms with Crippen molar-refractivity contribution in [3.8, 4) is 0 Å². The molecule has 0 unspecified atom stereocenters. The highest BCUT2D eigenvalue weighted by atomic mass is 16.6. The molecule has 0 aliphatic heterocycles. The minimum Gasteiger partial charge on any atom is -0.444 e. The van der Waals surface area contributed by atoms with Crippen molar-refractivity contribution >= 4 is 73.4 Å². The van der Waals surface area contributed by atoms with Gasteiger partial charge in [0.05, 0.1) is 52.4 Å². The minimum absolute atomic E-state index is 0.0118.